The van der Waals surface area contributed by atoms with Crippen LogP contribution in [0.5, 0.6) is 0 Å². The average molecular weight is 271 g/mol. The summed E-state index contributed by atoms with van der Waals surface area (Å²) >= 11 is 0. The molecule has 1 aliphatic heterocycles. The fourth-order valence-corrected chi connectivity index (χ4v) is 2.41. The predicted octanol–water partition coefficient (Wildman–Crippen LogP) is 1.35. The van der Waals surface area contributed by atoms with E-state index in [2.05, 4.69) is 20.7 Å². The van der Waals surface area contributed by atoms with Gasteiger partial charge in [-0.1, -0.05) is 18.6 Å². The summed E-state index contributed by atoms with van der Waals surface area (Å²) in [5, 5.41) is 10.3. The Hall–Kier alpha value is -2.21. The standard InChI is InChI=1S/C14H17N5O/c20-14(12-6-3-4-8-16-12)18-11-5-1-2-7-13(11)19-10-15-9-17-19/h1-2,5,7,9-10,12,16H,3-4,6,8H2,(H,18,20). The van der Waals surface area contributed by atoms with Crippen molar-refractivity contribution >= 4 is 11.6 Å². The molecule has 0 radical (unpaired) electrons. The molecule has 1 saturated heterocycles. The van der Waals surface area contributed by atoms with E-state index in [0.29, 0.717) is 0 Å². The molecule has 0 bridgehead atoms. The second kappa shape index (κ2) is 5.83. The Morgan fingerprint density at radius 2 is 2.25 bits per heavy atom. The minimum atomic E-state index is -0.104. The van der Waals surface area contributed by atoms with Crippen LogP contribution in [0.1, 0.15) is 19.3 Å². The molecule has 104 valence electrons. The van der Waals surface area contributed by atoms with E-state index >= 15 is 0 Å². The first-order valence-corrected chi connectivity index (χ1v) is 6.83. The van der Waals surface area contributed by atoms with E-state index in [-0.39, 0.29) is 11.9 Å². The number of carbonyl (C=O) groups is 1. The quantitative estimate of drug-likeness (QED) is 0.884. The van der Waals surface area contributed by atoms with Crippen molar-refractivity contribution in [3.8, 4) is 5.69 Å². The lowest BCUT2D eigenvalue weighted by atomic mass is 10.0. The largest absolute Gasteiger partial charge is 0.323 e. The fourth-order valence-electron chi connectivity index (χ4n) is 2.41. The molecule has 1 aromatic carbocycles. The molecule has 1 aliphatic rings. The molecule has 1 fully saturated rings. The van der Waals surface area contributed by atoms with Crippen molar-refractivity contribution < 1.29 is 4.79 Å². The Balaban J connectivity index is 1.79. The van der Waals surface area contributed by atoms with Gasteiger partial charge < -0.3 is 10.6 Å². The van der Waals surface area contributed by atoms with Gasteiger partial charge in [-0.25, -0.2) is 9.67 Å². The number of para-hydroxylation sites is 2. The van der Waals surface area contributed by atoms with Gasteiger partial charge in [0, 0.05) is 0 Å². The Morgan fingerprint density at radius 1 is 1.35 bits per heavy atom. The number of piperidine rings is 1. The van der Waals surface area contributed by atoms with Crippen molar-refractivity contribution in [3.63, 3.8) is 0 Å². The number of hydrogen-bond acceptors (Lipinski definition) is 4. The first-order valence-electron chi connectivity index (χ1n) is 6.83. The molecule has 20 heavy (non-hydrogen) atoms. The monoisotopic (exact) mass is 271 g/mol. The van der Waals surface area contributed by atoms with Crippen molar-refractivity contribution in [2.75, 3.05) is 11.9 Å². The van der Waals surface area contributed by atoms with Gasteiger partial charge in [-0.15, -0.1) is 0 Å². The zero-order valence-corrected chi connectivity index (χ0v) is 11.1. The number of aromatic nitrogens is 3. The Labute approximate surface area is 117 Å². The molecule has 1 atom stereocenters. The van der Waals surface area contributed by atoms with Crippen LogP contribution in [-0.2, 0) is 4.79 Å². The van der Waals surface area contributed by atoms with Crippen LogP contribution in [-0.4, -0.2) is 33.3 Å². The summed E-state index contributed by atoms with van der Waals surface area (Å²) in [5.74, 6) is 0.0114. The number of nitrogens with one attached hydrogen (secondary N) is 2. The summed E-state index contributed by atoms with van der Waals surface area (Å²) in [7, 11) is 0. The van der Waals surface area contributed by atoms with Crippen molar-refractivity contribution in [3.05, 3.63) is 36.9 Å². The van der Waals surface area contributed by atoms with E-state index in [9.17, 15) is 4.79 Å². The molecule has 2 N–H and O–H groups in total. The first-order chi connectivity index (χ1) is 9.84. The highest BCUT2D eigenvalue weighted by molar-refractivity contribution is 5.96. The van der Waals surface area contributed by atoms with Crippen LogP contribution in [0.4, 0.5) is 5.69 Å². The van der Waals surface area contributed by atoms with Crippen LogP contribution >= 0.6 is 0 Å². The number of benzene rings is 1. The van der Waals surface area contributed by atoms with Gasteiger partial charge in [0.1, 0.15) is 12.7 Å². The molecule has 3 rings (SSSR count). The second-order valence-corrected chi connectivity index (χ2v) is 4.85. The number of carbonyl (C=O) groups excluding carboxylic acids is 1. The lowest BCUT2D eigenvalue weighted by molar-refractivity contribution is -0.118. The van der Waals surface area contributed by atoms with Crippen LogP contribution < -0.4 is 10.6 Å². The van der Waals surface area contributed by atoms with Gasteiger partial charge in [0.25, 0.3) is 0 Å². The Bertz CT molecular complexity index is 575. The third kappa shape index (κ3) is 2.70. The van der Waals surface area contributed by atoms with Gasteiger partial charge in [0.2, 0.25) is 5.91 Å². The summed E-state index contributed by atoms with van der Waals surface area (Å²) in [5.41, 5.74) is 1.56. The second-order valence-electron chi connectivity index (χ2n) is 4.85. The van der Waals surface area contributed by atoms with Crippen molar-refractivity contribution in [1.82, 2.24) is 20.1 Å². The number of rotatable bonds is 3. The van der Waals surface area contributed by atoms with Gasteiger partial charge >= 0.3 is 0 Å². The average Bonchev–Trinajstić information content (AvgIpc) is 3.03. The smallest absolute Gasteiger partial charge is 0.241 e. The van der Waals surface area contributed by atoms with E-state index in [1.54, 1.807) is 11.0 Å². The van der Waals surface area contributed by atoms with Gasteiger partial charge in [0.05, 0.1) is 17.4 Å². The maximum Gasteiger partial charge on any atom is 0.241 e. The van der Waals surface area contributed by atoms with Crippen LogP contribution in [0.15, 0.2) is 36.9 Å². The molecule has 2 aromatic rings. The first kappa shape index (κ1) is 12.8. The third-order valence-corrected chi connectivity index (χ3v) is 3.45. The minimum Gasteiger partial charge on any atom is -0.323 e. The molecular weight excluding hydrogens is 254 g/mol. The third-order valence-electron chi connectivity index (χ3n) is 3.45. The molecule has 6 nitrogen and oxygen atoms in total. The summed E-state index contributed by atoms with van der Waals surface area (Å²) in [6.45, 7) is 0.906. The summed E-state index contributed by atoms with van der Waals surface area (Å²) in [4.78, 5) is 16.2. The van der Waals surface area contributed by atoms with E-state index in [4.69, 9.17) is 0 Å². The lowest BCUT2D eigenvalue weighted by Gasteiger charge is -2.23. The van der Waals surface area contributed by atoms with E-state index in [1.165, 1.54) is 6.33 Å². The van der Waals surface area contributed by atoms with E-state index in [0.717, 1.165) is 37.2 Å². The SMILES string of the molecule is O=C(Nc1ccccc1-n1cncn1)C1CCCCN1. The van der Waals surface area contributed by atoms with Crippen LogP contribution in [0.25, 0.3) is 5.69 Å². The highest BCUT2D eigenvalue weighted by atomic mass is 16.2. The van der Waals surface area contributed by atoms with E-state index in [1.807, 2.05) is 24.3 Å². The highest BCUT2D eigenvalue weighted by Crippen LogP contribution is 2.19. The normalized spacial score (nSPS) is 18.7. The van der Waals surface area contributed by atoms with E-state index < -0.39 is 0 Å². The van der Waals surface area contributed by atoms with Gasteiger partial charge in [-0.2, -0.15) is 5.10 Å². The summed E-state index contributed by atoms with van der Waals surface area (Å²) < 4.78 is 1.64. The van der Waals surface area contributed by atoms with Gasteiger partial charge in [-0.3, -0.25) is 4.79 Å². The summed E-state index contributed by atoms with van der Waals surface area (Å²) in [6, 6.07) is 7.47. The molecule has 0 spiro atoms. The Morgan fingerprint density at radius 3 is 3.00 bits per heavy atom. The van der Waals surface area contributed by atoms with Crippen LogP contribution in [0, 0.1) is 0 Å². The van der Waals surface area contributed by atoms with Gasteiger partial charge in [-0.05, 0) is 31.5 Å². The molecule has 0 aliphatic carbocycles. The molecule has 1 unspecified atom stereocenters. The van der Waals surface area contributed by atoms with Crippen molar-refractivity contribution in [1.29, 1.82) is 0 Å². The molecule has 0 saturated carbocycles. The maximum atomic E-state index is 12.3. The lowest BCUT2D eigenvalue weighted by Crippen LogP contribution is -2.43. The molecule has 6 heteroatoms. The van der Waals surface area contributed by atoms with Gasteiger partial charge in [0.15, 0.2) is 0 Å². The minimum absolute atomic E-state index is 0.0114. The van der Waals surface area contributed by atoms with Crippen molar-refractivity contribution in [2.45, 2.75) is 25.3 Å². The molecule has 1 amide bonds. The van der Waals surface area contributed by atoms with Crippen molar-refractivity contribution in [2.24, 2.45) is 0 Å². The van der Waals surface area contributed by atoms with Crippen LogP contribution in [0.3, 0.4) is 0 Å². The summed E-state index contributed by atoms with van der Waals surface area (Å²) in [6.07, 6.45) is 6.21. The molecule has 2 heterocycles. The molecular formula is C14H17N5O. The number of nitrogens with zero attached hydrogens (tertiary/aromatic N) is 3. The maximum absolute atomic E-state index is 12.3. The van der Waals surface area contributed by atoms with Crippen LogP contribution in [0.2, 0.25) is 0 Å². The predicted molar refractivity (Wildman–Crippen MR) is 75.6 cm³/mol. The zero-order chi connectivity index (χ0) is 13.8. The Kier molecular flexibility index (Phi) is 3.73. The highest BCUT2D eigenvalue weighted by Gasteiger charge is 2.21. The zero-order valence-electron chi connectivity index (χ0n) is 11.1. The topological polar surface area (TPSA) is 71.8 Å². The fraction of sp³-hybridized carbons (Fsp3) is 0.357. The number of anilines is 1. The molecule has 1 aromatic heterocycles. The number of hydrogen-bond donors (Lipinski definition) is 2. The number of amides is 1.